The van der Waals surface area contributed by atoms with Gasteiger partial charge >= 0.3 is 0 Å². The first-order chi connectivity index (χ1) is 8.60. The average molecular weight is 244 g/mol. The summed E-state index contributed by atoms with van der Waals surface area (Å²) < 4.78 is 0. The summed E-state index contributed by atoms with van der Waals surface area (Å²) in [5, 5.41) is 19.9. The van der Waals surface area contributed by atoms with Crippen molar-refractivity contribution in [2.24, 2.45) is 0 Å². The second kappa shape index (κ2) is 4.68. The number of aliphatic hydroxyl groups is 2. The average Bonchev–Trinajstić information content (AvgIpc) is 2.42. The van der Waals surface area contributed by atoms with Gasteiger partial charge in [-0.3, -0.25) is 9.59 Å². The Morgan fingerprint density at radius 1 is 1.28 bits per heavy atom. The summed E-state index contributed by atoms with van der Waals surface area (Å²) in [6, 6.07) is 6.60. The number of benzene rings is 1. The number of carbonyl (C=O) groups is 2. The van der Waals surface area contributed by atoms with Gasteiger partial charge in [-0.2, -0.15) is 0 Å². The van der Waals surface area contributed by atoms with E-state index in [4.69, 9.17) is 0 Å². The van der Waals surface area contributed by atoms with Gasteiger partial charge in [0.2, 0.25) is 0 Å². The lowest BCUT2D eigenvalue weighted by atomic mass is 9.84. The lowest BCUT2D eigenvalue weighted by Gasteiger charge is -2.29. The molecule has 0 fully saturated rings. The van der Waals surface area contributed by atoms with E-state index in [2.05, 4.69) is 0 Å². The summed E-state index contributed by atoms with van der Waals surface area (Å²) in [5.74, 6) is 0. The van der Waals surface area contributed by atoms with Gasteiger partial charge in [0.15, 0.2) is 11.9 Å². The normalized spacial score (nSPS) is 26.6. The van der Waals surface area contributed by atoms with Crippen LogP contribution in [0.5, 0.6) is 0 Å². The van der Waals surface area contributed by atoms with E-state index >= 15 is 0 Å². The fraction of sp³-hybridized carbons (Fsp3) is 0.143. The molecule has 0 spiro atoms. The van der Waals surface area contributed by atoms with Gasteiger partial charge in [-0.25, -0.2) is 0 Å². The van der Waals surface area contributed by atoms with Crippen molar-refractivity contribution in [1.82, 2.24) is 0 Å². The Kier molecular flexibility index (Phi) is 3.23. The Balaban J connectivity index is 2.44. The first-order valence-electron chi connectivity index (χ1n) is 5.42. The van der Waals surface area contributed by atoms with E-state index in [9.17, 15) is 19.8 Å². The van der Waals surface area contributed by atoms with Crippen molar-refractivity contribution >= 4 is 18.1 Å². The topological polar surface area (TPSA) is 74.6 Å². The van der Waals surface area contributed by atoms with Gasteiger partial charge in [0.25, 0.3) is 0 Å². The molecular formula is C14H12O4. The van der Waals surface area contributed by atoms with Gasteiger partial charge in [0.05, 0.1) is 0 Å². The summed E-state index contributed by atoms with van der Waals surface area (Å²) in [5.41, 5.74) is -0.460. The molecule has 0 heterocycles. The van der Waals surface area contributed by atoms with E-state index < -0.39 is 11.7 Å². The van der Waals surface area contributed by atoms with Crippen LogP contribution in [0.4, 0.5) is 0 Å². The van der Waals surface area contributed by atoms with Crippen LogP contribution in [-0.4, -0.2) is 34.5 Å². The molecule has 92 valence electrons. The van der Waals surface area contributed by atoms with E-state index in [1.54, 1.807) is 30.3 Å². The molecule has 0 aliphatic heterocycles. The molecule has 0 amide bonds. The third-order valence-electron chi connectivity index (χ3n) is 2.92. The van der Waals surface area contributed by atoms with Crippen molar-refractivity contribution in [1.29, 1.82) is 0 Å². The lowest BCUT2D eigenvalue weighted by Crippen LogP contribution is -2.44. The molecule has 2 unspecified atom stereocenters. The highest BCUT2D eigenvalue weighted by molar-refractivity contribution is 5.84. The number of aldehydes is 2. The van der Waals surface area contributed by atoms with Gasteiger partial charge < -0.3 is 10.2 Å². The van der Waals surface area contributed by atoms with Crippen molar-refractivity contribution in [2.75, 3.05) is 0 Å². The van der Waals surface area contributed by atoms with E-state index in [-0.39, 0.29) is 0 Å². The van der Waals surface area contributed by atoms with E-state index in [1.807, 2.05) is 0 Å². The minimum absolute atomic E-state index is 0.296. The van der Waals surface area contributed by atoms with Gasteiger partial charge in [-0.05, 0) is 23.3 Å². The summed E-state index contributed by atoms with van der Waals surface area (Å²) in [4.78, 5) is 21.6. The molecule has 1 aliphatic rings. The molecule has 0 radical (unpaired) electrons. The van der Waals surface area contributed by atoms with Crippen LogP contribution in [0.25, 0.3) is 5.57 Å². The smallest absolute Gasteiger partial charge is 0.168 e. The van der Waals surface area contributed by atoms with E-state index in [0.29, 0.717) is 29.3 Å². The second-order valence-electron chi connectivity index (χ2n) is 4.13. The quantitative estimate of drug-likeness (QED) is 0.769. The first kappa shape index (κ1) is 12.4. The Bertz CT molecular complexity index is 544. The van der Waals surface area contributed by atoms with Crippen molar-refractivity contribution < 1.29 is 19.8 Å². The molecule has 0 aromatic heterocycles. The zero-order valence-corrected chi connectivity index (χ0v) is 9.48. The maximum absolute atomic E-state index is 10.8. The van der Waals surface area contributed by atoms with Crippen LogP contribution in [0.1, 0.15) is 15.9 Å². The molecule has 1 aliphatic carbocycles. The van der Waals surface area contributed by atoms with Gasteiger partial charge in [0, 0.05) is 5.56 Å². The molecular weight excluding hydrogens is 232 g/mol. The van der Waals surface area contributed by atoms with Crippen LogP contribution in [-0.2, 0) is 4.79 Å². The lowest BCUT2D eigenvalue weighted by molar-refractivity contribution is -0.126. The van der Waals surface area contributed by atoms with Crippen LogP contribution >= 0.6 is 0 Å². The fourth-order valence-corrected chi connectivity index (χ4v) is 1.89. The number of allylic oxidation sites excluding steroid dienone is 2. The monoisotopic (exact) mass is 244 g/mol. The van der Waals surface area contributed by atoms with E-state index in [0.717, 1.165) is 0 Å². The second-order valence-corrected chi connectivity index (χ2v) is 4.13. The highest BCUT2D eigenvalue weighted by Gasteiger charge is 2.37. The number of carbonyl (C=O) groups excluding carboxylic acids is 2. The molecule has 1 aromatic carbocycles. The Hall–Kier alpha value is -2.04. The summed E-state index contributed by atoms with van der Waals surface area (Å²) in [6.07, 6.45) is 3.99. The van der Waals surface area contributed by atoms with Crippen molar-refractivity contribution in [3.05, 3.63) is 53.6 Å². The van der Waals surface area contributed by atoms with Crippen LogP contribution in [0.15, 0.2) is 42.5 Å². The summed E-state index contributed by atoms with van der Waals surface area (Å²) in [6.45, 7) is 0. The Morgan fingerprint density at radius 3 is 2.72 bits per heavy atom. The standard InChI is InChI=1S/C14H12O4/c15-8-10-3-1-4-11(7-10)12-5-2-6-14(18,9-16)13(12)17/h1-9,13,17-18H. The molecule has 0 saturated carbocycles. The Morgan fingerprint density at radius 2 is 2.06 bits per heavy atom. The first-order valence-corrected chi connectivity index (χ1v) is 5.42. The third kappa shape index (κ3) is 2.03. The minimum Gasteiger partial charge on any atom is -0.385 e. The summed E-state index contributed by atoms with van der Waals surface area (Å²) >= 11 is 0. The van der Waals surface area contributed by atoms with Crippen molar-refractivity contribution in [3.8, 4) is 0 Å². The molecule has 2 rings (SSSR count). The van der Waals surface area contributed by atoms with Gasteiger partial charge in [-0.15, -0.1) is 0 Å². The Labute approximate surface area is 104 Å². The van der Waals surface area contributed by atoms with Crippen LogP contribution in [0.2, 0.25) is 0 Å². The van der Waals surface area contributed by atoms with Gasteiger partial charge in [-0.1, -0.05) is 30.4 Å². The predicted octanol–water partition coefficient (Wildman–Crippen LogP) is 0.743. The van der Waals surface area contributed by atoms with Crippen LogP contribution in [0, 0.1) is 0 Å². The maximum atomic E-state index is 10.8. The zero-order chi connectivity index (χ0) is 13.2. The molecule has 4 nitrogen and oxygen atoms in total. The molecule has 0 bridgehead atoms. The van der Waals surface area contributed by atoms with Crippen molar-refractivity contribution in [3.63, 3.8) is 0 Å². The largest absolute Gasteiger partial charge is 0.385 e. The van der Waals surface area contributed by atoms with Gasteiger partial charge in [0.1, 0.15) is 12.4 Å². The summed E-state index contributed by atoms with van der Waals surface area (Å²) in [7, 11) is 0. The third-order valence-corrected chi connectivity index (χ3v) is 2.92. The maximum Gasteiger partial charge on any atom is 0.168 e. The SMILES string of the molecule is O=Cc1cccc(C2=CC=CC(O)(C=O)C2O)c1. The molecule has 0 saturated heterocycles. The molecule has 4 heteroatoms. The highest BCUT2D eigenvalue weighted by Crippen LogP contribution is 2.29. The predicted molar refractivity (Wildman–Crippen MR) is 66.0 cm³/mol. The fourth-order valence-electron chi connectivity index (χ4n) is 1.89. The number of hydrogen-bond acceptors (Lipinski definition) is 4. The van der Waals surface area contributed by atoms with Crippen molar-refractivity contribution in [2.45, 2.75) is 11.7 Å². The van der Waals surface area contributed by atoms with Crippen LogP contribution in [0.3, 0.4) is 0 Å². The molecule has 2 N–H and O–H groups in total. The molecule has 18 heavy (non-hydrogen) atoms. The highest BCUT2D eigenvalue weighted by atomic mass is 16.3. The number of aliphatic hydroxyl groups excluding tert-OH is 1. The number of hydrogen-bond donors (Lipinski definition) is 2. The number of rotatable bonds is 3. The van der Waals surface area contributed by atoms with Crippen LogP contribution < -0.4 is 0 Å². The molecule has 2 atom stereocenters. The van der Waals surface area contributed by atoms with E-state index in [1.165, 1.54) is 12.2 Å². The molecule has 1 aromatic rings. The minimum atomic E-state index is -1.92. The zero-order valence-electron chi connectivity index (χ0n) is 9.48.